The lowest BCUT2D eigenvalue weighted by Gasteiger charge is -2.13. The Morgan fingerprint density at radius 3 is 2.38 bits per heavy atom. The quantitative estimate of drug-likeness (QED) is 0.820. The van der Waals surface area contributed by atoms with Crippen LogP contribution in [0.15, 0.2) is 41.6 Å². The number of hydrogen-bond acceptors (Lipinski definition) is 5. The van der Waals surface area contributed by atoms with E-state index in [1.165, 1.54) is 32.2 Å². The van der Waals surface area contributed by atoms with Crippen LogP contribution >= 0.6 is 0 Å². The van der Waals surface area contributed by atoms with Crippen LogP contribution in [0.2, 0.25) is 0 Å². The molecule has 0 atom stereocenters. The Hall–Kier alpha value is -2.82. The fraction of sp³-hybridized carbons (Fsp3) is 0.200. The molecule has 7 nitrogen and oxygen atoms in total. The molecule has 0 bridgehead atoms. The summed E-state index contributed by atoms with van der Waals surface area (Å²) in [6.45, 7) is 1.28. The predicted molar refractivity (Wildman–Crippen MR) is 87.3 cm³/mol. The van der Waals surface area contributed by atoms with Gasteiger partial charge in [0, 0.05) is 18.8 Å². The van der Waals surface area contributed by atoms with Gasteiger partial charge in [-0.05, 0) is 30.3 Å². The van der Waals surface area contributed by atoms with Gasteiger partial charge in [-0.25, -0.2) is 4.98 Å². The van der Waals surface area contributed by atoms with Gasteiger partial charge in [-0.3, -0.25) is 9.52 Å². The van der Waals surface area contributed by atoms with Crippen molar-refractivity contribution in [2.45, 2.75) is 18.1 Å². The molecule has 0 saturated carbocycles. The molecule has 1 aromatic heterocycles. The first kappa shape index (κ1) is 19.5. The predicted octanol–water partition coefficient (Wildman–Crippen LogP) is 2.87. The summed E-state index contributed by atoms with van der Waals surface area (Å²) < 4.78 is 69.6. The van der Waals surface area contributed by atoms with E-state index in [1.54, 1.807) is 0 Å². The molecule has 0 radical (unpaired) electrons. The Bertz CT molecular complexity index is 913. The highest BCUT2D eigenvalue weighted by Gasteiger charge is 2.31. The Balaban J connectivity index is 2.35. The second kappa shape index (κ2) is 7.20. The van der Waals surface area contributed by atoms with E-state index in [4.69, 9.17) is 4.74 Å². The van der Waals surface area contributed by atoms with Crippen molar-refractivity contribution in [3.8, 4) is 5.75 Å². The lowest BCUT2D eigenvalue weighted by atomic mass is 10.2. The summed E-state index contributed by atoms with van der Waals surface area (Å²) in [5, 5.41) is 1.88. The zero-order valence-electron chi connectivity index (χ0n) is 13.6. The van der Waals surface area contributed by atoms with Crippen molar-refractivity contribution < 1.29 is 31.1 Å². The fourth-order valence-electron chi connectivity index (χ4n) is 1.97. The summed E-state index contributed by atoms with van der Waals surface area (Å²) in [6.07, 6.45) is -4.20. The molecule has 0 spiro atoms. The Labute approximate surface area is 147 Å². The number of pyridine rings is 1. The van der Waals surface area contributed by atoms with Crippen LogP contribution < -0.4 is 14.8 Å². The standard InChI is InChI=1S/C15H14F3N3O4S/c1-9(22)20-11-4-5-13(25-2)12(7-11)21-26(23,24)14-6-3-10(8-19-14)15(16,17)18/h3-8,21H,1-2H3,(H,20,22). The van der Waals surface area contributed by atoms with Crippen molar-refractivity contribution in [2.75, 3.05) is 17.1 Å². The summed E-state index contributed by atoms with van der Waals surface area (Å²) in [5.74, 6) is -0.219. The molecule has 0 aliphatic rings. The first-order valence-electron chi connectivity index (χ1n) is 7.04. The van der Waals surface area contributed by atoms with E-state index >= 15 is 0 Å². The molecule has 0 aliphatic carbocycles. The monoisotopic (exact) mass is 389 g/mol. The topological polar surface area (TPSA) is 97.4 Å². The lowest BCUT2D eigenvalue weighted by Crippen LogP contribution is -2.16. The molecule has 0 saturated heterocycles. The number of carbonyl (C=O) groups excluding carboxylic acids is 1. The summed E-state index contributed by atoms with van der Waals surface area (Å²) in [7, 11) is -2.97. The molecule has 2 rings (SSSR count). The maximum absolute atomic E-state index is 12.6. The van der Waals surface area contributed by atoms with Gasteiger partial charge in [-0.15, -0.1) is 0 Å². The number of aromatic nitrogens is 1. The zero-order valence-corrected chi connectivity index (χ0v) is 14.4. The van der Waals surface area contributed by atoms with Crippen LogP contribution in [0.1, 0.15) is 12.5 Å². The maximum atomic E-state index is 12.6. The second-order valence-corrected chi connectivity index (χ2v) is 6.71. The maximum Gasteiger partial charge on any atom is 0.417 e. The average Bonchev–Trinajstić information content (AvgIpc) is 2.53. The molecular weight excluding hydrogens is 375 g/mol. The lowest BCUT2D eigenvalue weighted by molar-refractivity contribution is -0.137. The largest absolute Gasteiger partial charge is 0.495 e. The number of nitrogens with one attached hydrogen (secondary N) is 2. The van der Waals surface area contributed by atoms with Gasteiger partial charge in [0.2, 0.25) is 5.91 Å². The van der Waals surface area contributed by atoms with Crippen molar-refractivity contribution >= 4 is 27.3 Å². The van der Waals surface area contributed by atoms with Gasteiger partial charge in [0.1, 0.15) is 5.75 Å². The molecule has 140 valence electrons. The van der Waals surface area contributed by atoms with Crippen molar-refractivity contribution in [1.29, 1.82) is 0 Å². The first-order valence-corrected chi connectivity index (χ1v) is 8.53. The van der Waals surface area contributed by atoms with Gasteiger partial charge in [0.25, 0.3) is 10.0 Å². The number of methoxy groups -OCH3 is 1. The van der Waals surface area contributed by atoms with Gasteiger partial charge in [0.05, 0.1) is 18.4 Å². The van der Waals surface area contributed by atoms with Crippen molar-refractivity contribution in [3.63, 3.8) is 0 Å². The smallest absolute Gasteiger partial charge is 0.417 e. The molecule has 0 aliphatic heterocycles. The molecule has 11 heteroatoms. The highest BCUT2D eigenvalue weighted by molar-refractivity contribution is 7.92. The van der Waals surface area contributed by atoms with Gasteiger partial charge < -0.3 is 10.1 Å². The second-order valence-electron chi connectivity index (χ2n) is 5.08. The third-order valence-corrected chi connectivity index (χ3v) is 4.38. The van der Waals surface area contributed by atoms with E-state index in [9.17, 15) is 26.4 Å². The number of benzene rings is 1. The minimum atomic E-state index is -4.63. The molecule has 26 heavy (non-hydrogen) atoms. The number of ether oxygens (including phenoxy) is 1. The summed E-state index contributed by atoms with van der Waals surface area (Å²) in [4.78, 5) is 14.5. The Morgan fingerprint density at radius 1 is 1.19 bits per heavy atom. The number of alkyl halides is 3. The van der Waals surface area contributed by atoms with Crippen LogP contribution in [-0.2, 0) is 21.0 Å². The number of carbonyl (C=O) groups is 1. The number of halogens is 3. The molecular formula is C15H14F3N3O4S. The third kappa shape index (κ3) is 4.63. The highest BCUT2D eigenvalue weighted by Crippen LogP contribution is 2.31. The summed E-state index contributed by atoms with van der Waals surface area (Å²) >= 11 is 0. The Kier molecular flexibility index (Phi) is 5.40. The van der Waals surface area contributed by atoms with Crippen LogP contribution in [0.3, 0.4) is 0 Å². The van der Waals surface area contributed by atoms with E-state index in [0.717, 1.165) is 6.07 Å². The van der Waals surface area contributed by atoms with Gasteiger partial charge in [0.15, 0.2) is 5.03 Å². The van der Waals surface area contributed by atoms with Crippen molar-refractivity contribution in [3.05, 3.63) is 42.1 Å². The van der Waals surface area contributed by atoms with Crippen LogP contribution in [0.4, 0.5) is 24.5 Å². The van der Waals surface area contributed by atoms with Gasteiger partial charge in [-0.1, -0.05) is 0 Å². The number of sulfonamides is 1. The van der Waals surface area contributed by atoms with E-state index in [1.807, 2.05) is 0 Å². The number of nitrogens with zero attached hydrogens (tertiary/aromatic N) is 1. The van der Waals surface area contributed by atoms with Crippen LogP contribution in [-0.4, -0.2) is 26.4 Å². The number of amides is 1. The summed E-state index contributed by atoms with van der Waals surface area (Å²) in [6, 6.07) is 5.58. The number of rotatable bonds is 5. The molecule has 0 fully saturated rings. The fourth-order valence-corrected chi connectivity index (χ4v) is 2.97. The molecule has 1 amide bonds. The molecule has 1 heterocycles. The van der Waals surface area contributed by atoms with E-state index < -0.39 is 26.8 Å². The Morgan fingerprint density at radius 2 is 1.88 bits per heavy atom. The third-order valence-electron chi connectivity index (χ3n) is 3.10. The van der Waals surface area contributed by atoms with E-state index in [2.05, 4.69) is 15.0 Å². The van der Waals surface area contributed by atoms with Crippen LogP contribution in [0, 0.1) is 0 Å². The summed E-state index contributed by atoms with van der Waals surface area (Å²) in [5.41, 5.74) is -0.779. The molecule has 2 N–H and O–H groups in total. The molecule has 0 unspecified atom stereocenters. The van der Waals surface area contributed by atoms with Gasteiger partial charge in [-0.2, -0.15) is 21.6 Å². The van der Waals surface area contributed by atoms with E-state index in [0.29, 0.717) is 18.0 Å². The highest BCUT2D eigenvalue weighted by atomic mass is 32.2. The normalized spacial score (nSPS) is 11.7. The molecule has 1 aromatic carbocycles. The number of anilines is 2. The van der Waals surface area contributed by atoms with Crippen LogP contribution in [0.5, 0.6) is 5.75 Å². The zero-order chi connectivity index (χ0) is 19.5. The SMILES string of the molecule is COc1ccc(NC(C)=O)cc1NS(=O)(=O)c1ccc(C(F)(F)F)cn1. The minimum absolute atomic E-state index is 0.0135. The van der Waals surface area contributed by atoms with E-state index in [-0.39, 0.29) is 17.3 Å². The first-order chi connectivity index (χ1) is 12.0. The van der Waals surface area contributed by atoms with Crippen molar-refractivity contribution in [2.24, 2.45) is 0 Å². The minimum Gasteiger partial charge on any atom is -0.495 e. The average molecular weight is 389 g/mol. The van der Waals surface area contributed by atoms with Crippen LogP contribution in [0.25, 0.3) is 0 Å². The number of hydrogen-bond donors (Lipinski definition) is 2. The van der Waals surface area contributed by atoms with Crippen molar-refractivity contribution in [1.82, 2.24) is 4.98 Å². The van der Waals surface area contributed by atoms with Gasteiger partial charge >= 0.3 is 6.18 Å². The molecule has 2 aromatic rings.